The van der Waals surface area contributed by atoms with E-state index in [2.05, 4.69) is 15.5 Å². The molecule has 1 aromatic carbocycles. The number of thioether (sulfide) groups is 1. The van der Waals surface area contributed by atoms with Gasteiger partial charge in [0.05, 0.1) is 10.8 Å². The third-order valence-corrected chi connectivity index (χ3v) is 3.53. The molecule has 0 spiro atoms. The molecular formula is C11H10ClFN4OS. The number of benzene rings is 1. The van der Waals surface area contributed by atoms with E-state index in [-0.39, 0.29) is 16.7 Å². The van der Waals surface area contributed by atoms with Crippen LogP contribution in [-0.4, -0.2) is 26.4 Å². The van der Waals surface area contributed by atoms with E-state index in [1.807, 2.05) is 0 Å². The van der Waals surface area contributed by atoms with Crippen LogP contribution in [0.25, 0.3) is 0 Å². The average Bonchev–Trinajstić information content (AvgIpc) is 2.77. The molecule has 0 radical (unpaired) electrons. The van der Waals surface area contributed by atoms with Crippen LogP contribution in [0.5, 0.6) is 0 Å². The zero-order valence-electron chi connectivity index (χ0n) is 9.93. The van der Waals surface area contributed by atoms with Crippen molar-refractivity contribution in [1.82, 2.24) is 14.8 Å². The van der Waals surface area contributed by atoms with E-state index in [9.17, 15) is 9.18 Å². The molecule has 0 bridgehead atoms. The number of nitrogens with zero attached hydrogens (tertiary/aromatic N) is 3. The van der Waals surface area contributed by atoms with E-state index in [4.69, 9.17) is 11.6 Å². The summed E-state index contributed by atoms with van der Waals surface area (Å²) in [5.74, 6) is -0.564. The van der Waals surface area contributed by atoms with Crippen molar-refractivity contribution < 1.29 is 9.18 Å². The van der Waals surface area contributed by atoms with Gasteiger partial charge in [0.25, 0.3) is 0 Å². The van der Waals surface area contributed by atoms with E-state index >= 15 is 0 Å². The molecule has 1 amide bonds. The van der Waals surface area contributed by atoms with Crippen molar-refractivity contribution in [2.24, 2.45) is 7.05 Å². The largest absolute Gasteiger partial charge is 0.325 e. The van der Waals surface area contributed by atoms with Crippen LogP contribution in [-0.2, 0) is 11.8 Å². The number of aromatic nitrogens is 3. The monoisotopic (exact) mass is 300 g/mol. The third-order valence-electron chi connectivity index (χ3n) is 2.21. The first kappa shape index (κ1) is 13.8. The highest BCUT2D eigenvalue weighted by molar-refractivity contribution is 7.99. The number of halogens is 2. The number of carbonyl (C=O) groups excluding carboxylic acids is 1. The fourth-order valence-electron chi connectivity index (χ4n) is 1.30. The summed E-state index contributed by atoms with van der Waals surface area (Å²) < 4.78 is 14.7. The number of aryl methyl sites for hydroxylation is 1. The van der Waals surface area contributed by atoms with Gasteiger partial charge in [-0.2, -0.15) is 0 Å². The molecule has 1 aromatic heterocycles. The maximum absolute atomic E-state index is 12.9. The van der Waals surface area contributed by atoms with E-state index in [1.54, 1.807) is 17.9 Å². The number of amides is 1. The number of rotatable bonds is 4. The fourth-order valence-corrected chi connectivity index (χ4v) is 2.17. The highest BCUT2D eigenvalue weighted by atomic mass is 35.5. The van der Waals surface area contributed by atoms with Gasteiger partial charge in [-0.3, -0.25) is 4.79 Å². The average molecular weight is 301 g/mol. The maximum Gasteiger partial charge on any atom is 0.234 e. The molecule has 0 aliphatic rings. The summed E-state index contributed by atoms with van der Waals surface area (Å²) in [5, 5.41) is 10.8. The summed E-state index contributed by atoms with van der Waals surface area (Å²) in [6.45, 7) is 0. The van der Waals surface area contributed by atoms with Gasteiger partial charge in [-0.1, -0.05) is 23.4 Å². The summed E-state index contributed by atoms with van der Waals surface area (Å²) in [6.07, 6.45) is 1.56. The SMILES string of the molecule is Cn1cnnc1SCC(=O)Nc1ccc(F)c(Cl)c1. The third kappa shape index (κ3) is 3.68. The molecule has 0 aliphatic heterocycles. The highest BCUT2D eigenvalue weighted by Crippen LogP contribution is 2.20. The van der Waals surface area contributed by atoms with Crippen LogP contribution in [0, 0.1) is 5.82 Å². The Morgan fingerprint density at radius 3 is 3.00 bits per heavy atom. The summed E-state index contributed by atoms with van der Waals surface area (Å²) in [5.41, 5.74) is 0.454. The predicted octanol–water partition coefficient (Wildman–Crippen LogP) is 2.34. The second kappa shape index (κ2) is 6.03. The molecule has 0 unspecified atom stereocenters. The molecule has 19 heavy (non-hydrogen) atoms. The normalized spacial score (nSPS) is 10.5. The Morgan fingerprint density at radius 1 is 1.58 bits per heavy atom. The first-order valence-electron chi connectivity index (χ1n) is 5.28. The van der Waals surface area contributed by atoms with Crippen LogP contribution in [0.3, 0.4) is 0 Å². The van der Waals surface area contributed by atoms with Crippen LogP contribution in [0.1, 0.15) is 0 Å². The van der Waals surface area contributed by atoms with Crippen molar-refractivity contribution in [1.29, 1.82) is 0 Å². The second-order valence-corrected chi connectivity index (χ2v) is 5.04. The second-order valence-electron chi connectivity index (χ2n) is 3.69. The molecule has 0 saturated heterocycles. The lowest BCUT2D eigenvalue weighted by molar-refractivity contribution is -0.113. The number of hydrogen-bond acceptors (Lipinski definition) is 4. The smallest absolute Gasteiger partial charge is 0.234 e. The standard InChI is InChI=1S/C11H10ClFN4OS/c1-17-6-14-16-11(17)19-5-10(18)15-7-2-3-9(13)8(12)4-7/h2-4,6H,5H2,1H3,(H,15,18). The molecule has 2 aromatic rings. The Hall–Kier alpha value is -1.60. The van der Waals surface area contributed by atoms with E-state index in [0.29, 0.717) is 10.8 Å². The number of anilines is 1. The van der Waals surface area contributed by atoms with Crippen LogP contribution in [0.4, 0.5) is 10.1 Å². The highest BCUT2D eigenvalue weighted by Gasteiger charge is 2.08. The maximum atomic E-state index is 12.9. The van der Waals surface area contributed by atoms with Gasteiger partial charge in [-0.25, -0.2) is 4.39 Å². The Labute approximate surface area is 118 Å². The number of carbonyl (C=O) groups is 1. The molecular weight excluding hydrogens is 291 g/mol. The van der Waals surface area contributed by atoms with Crippen LogP contribution in [0.15, 0.2) is 29.7 Å². The minimum absolute atomic E-state index is 0.0289. The molecule has 0 fully saturated rings. The molecule has 100 valence electrons. The zero-order chi connectivity index (χ0) is 13.8. The number of nitrogens with one attached hydrogen (secondary N) is 1. The van der Waals surface area contributed by atoms with E-state index in [0.717, 1.165) is 0 Å². The summed E-state index contributed by atoms with van der Waals surface area (Å²) in [4.78, 5) is 11.7. The summed E-state index contributed by atoms with van der Waals surface area (Å²) >= 11 is 6.88. The van der Waals surface area contributed by atoms with Crippen molar-refractivity contribution in [3.63, 3.8) is 0 Å². The molecule has 1 heterocycles. The fraction of sp³-hybridized carbons (Fsp3) is 0.182. The lowest BCUT2D eigenvalue weighted by Crippen LogP contribution is -2.14. The van der Waals surface area contributed by atoms with Crippen molar-refractivity contribution >= 4 is 35.0 Å². The molecule has 0 saturated carbocycles. The van der Waals surface area contributed by atoms with Crippen molar-refractivity contribution in [3.05, 3.63) is 35.4 Å². The first-order chi connectivity index (χ1) is 9.06. The summed E-state index contributed by atoms with van der Waals surface area (Å²) in [7, 11) is 1.79. The van der Waals surface area contributed by atoms with Gasteiger partial charge in [0.15, 0.2) is 5.16 Å². The van der Waals surface area contributed by atoms with Gasteiger partial charge in [0, 0.05) is 12.7 Å². The summed E-state index contributed by atoms with van der Waals surface area (Å²) in [6, 6.07) is 4.02. The van der Waals surface area contributed by atoms with Crippen molar-refractivity contribution in [2.75, 3.05) is 11.1 Å². The Balaban J connectivity index is 1.91. The Bertz CT molecular complexity index is 604. The van der Waals surface area contributed by atoms with Crippen molar-refractivity contribution in [2.45, 2.75) is 5.16 Å². The molecule has 1 N–H and O–H groups in total. The van der Waals surface area contributed by atoms with Gasteiger partial charge in [-0.15, -0.1) is 10.2 Å². The lowest BCUT2D eigenvalue weighted by Gasteiger charge is -2.05. The van der Waals surface area contributed by atoms with Gasteiger partial charge < -0.3 is 9.88 Å². The van der Waals surface area contributed by atoms with Gasteiger partial charge >= 0.3 is 0 Å². The predicted molar refractivity (Wildman–Crippen MR) is 71.8 cm³/mol. The molecule has 5 nitrogen and oxygen atoms in total. The van der Waals surface area contributed by atoms with Crippen LogP contribution in [0.2, 0.25) is 5.02 Å². The Kier molecular flexibility index (Phi) is 4.39. The quantitative estimate of drug-likeness (QED) is 0.881. The van der Waals surface area contributed by atoms with Gasteiger partial charge in [0.2, 0.25) is 5.91 Å². The first-order valence-corrected chi connectivity index (χ1v) is 6.64. The molecule has 0 atom stereocenters. The molecule has 2 rings (SSSR count). The minimum atomic E-state index is -0.520. The lowest BCUT2D eigenvalue weighted by atomic mass is 10.3. The van der Waals surface area contributed by atoms with E-state index in [1.165, 1.54) is 30.0 Å². The Morgan fingerprint density at radius 2 is 2.37 bits per heavy atom. The number of hydrogen-bond donors (Lipinski definition) is 1. The molecule has 0 aliphatic carbocycles. The molecule has 8 heteroatoms. The van der Waals surface area contributed by atoms with Gasteiger partial charge in [0.1, 0.15) is 12.1 Å². The zero-order valence-corrected chi connectivity index (χ0v) is 11.5. The van der Waals surface area contributed by atoms with Gasteiger partial charge in [-0.05, 0) is 18.2 Å². The topological polar surface area (TPSA) is 59.8 Å². The van der Waals surface area contributed by atoms with E-state index < -0.39 is 5.82 Å². The van der Waals surface area contributed by atoms with Crippen LogP contribution >= 0.6 is 23.4 Å². The minimum Gasteiger partial charge on any atom is -0.325 e. The van der Waals surface area contributed by atoms with Crippen molar-refractivity contribution in [3.8, 4) is 0 Å². The van der Waals surface area contributed by atoms with Crippen LogP contribution < -0.4 is 5.32 Å².